The first-order valence-corrected chi connectivity index (χ1v) is 12.3. The Hall–Kier alpha value is -2.86. The van der Waals surface area contributed by atoms with Crippen molar-refractivity contribution in [2.45, 2.75) is 51.5 Å². The van der Waals surface area contributed by atoms with E-state index in [-0.39, 0.29) is 17.9 Å². The molecule has 176 valence electrons. The number of piperidine rings is 1. The Morgan fingerprint density at radius 3 is 2.09 bits per heavy atom. The number of carbonyl (C=O) groups excluding carboxylic acids is 2. The third-order valence-corrected chi connectivity index (χ3v) is 6.82. The summed E-state index contributed by atoms with van der Waals surface area (Å²) in [5, 5.41) is 3.01. The first-order valence-electron chi connectivity index (χ1n) is 12.3. The number of likely N-dealkylation sites (tertiary alicyclic amines) is 2. The Morgan fingerprint density at radius 1 is 0.848 bits per heavy atom. The fourth-order valence-electron chi connectivity index (χ4n) is 4.73. The fraction of sp³-hybridized carbons (Fsp3) is 0.481. The minimum absolute atomic E-state index is 0.0241. The molecular weight excluding hydrogens is 414 g/mol. The number of nitrogens with one attached hydrogen (secondary N) is 1. The number of benzene rings is 2. The number of hydrogen-bond acceptors (Lipinski definition) is 4. The zero-order valence-corrected chi connectivity index (χ0v) is 19.5. The maximum atomic E-state index is 12.9. The number of carbonyl (C=O) groups is 2. The van der Waals surface area contributed by atoms with Crippen LogP contribution in [-0.4, -0.2) is 53.8 Å². The van der Waals surface area contributed by atoms with Crippen molar-refractivity contribution in [1.29, 1.82) is 0 Å². The molecule has 6 heteroatoms. The molecule has 1 N–H and O–H groups in total. The van der Waals surface area contributed by atoms with Crippen LogP contribution in [0.1, 0.15) is 45.4 Å². The molecule has 2 aliphatic rings. The summed E-state index contributed by atoms with van der Waals surface area (Å²) in [5.74, 6) is 1.91. The third-order valence-electron chi connectivity index (χ3n) is 6.82. The molecule has 0 aromatic heterocycles. The summed E-state index contributed by atoms with van der Waals surface area (Å²) in [4.78, 5) is 30.0. The second-order valence-electron chi connectivity index (χ2n) is 9.15. The summed E-state index contributed by atoms with van der Waals surface area (Å²) < 4.78 is 5.81. The average molecular weight is 450 g/mol. The predicted octanol–water partition coefficient (Wildman–Crippen LogP) is 4.92. The van der Waals surface area contributed by atoms with E-state index in [0.717, 1.165) is 69.0 Å². The van der Waals surface area contributed by atoms with Crippen molar-refractivity contribution in [3.05, 3.63) is 54.6 Å². The number of nitrogens with zero attached hydrogens (tertiary/aromatic N) is 2. The topological polar surface area (TPSA) is 61.9 Å². The lowest BCUT2D eigenvalue weighted by Crippen LogP contribution is -2.48. The van der Waals surface area contributed by atoms with E-state index in [1.165, 1.54) is 12.8 Å². The highest BCUT2D eigenvalue weighted by Gasteiger charge is 2.32. The van der Waals surface area contributed by atoms with E-state index >= 15 is 0 Å². The van der Waals surface area contributed by atoms with E-state index in [2.05, 4.69) is 15.1 Å². The van der Waals surface area contributed by atoms with Gasteiger partial charge >= 0.3 is 0 Å². The van der Waals surface area contributed by atoms with Crippen LogP contribution in [-0.2, 0) is 9.59 Å². The molecule has 6 nitrogen and oxygen atoms in total. The van der Waals surface area contributed by atoms with Gasteiger partial charge in [-0.15, -0.1) is 0 Å². The van der Waals surface area contributed by atoms with E-state index in [1.54, 1.807) is 0 Å². The Kier molecular flexibility index (Phi) is 8.00. The predicted molar refractivity (Wildman–Crippen MR) is 130 cm³/mol. The lowest BCUT2D eigenvalue weighted by atomic mass is 9.94. The minimum Gasteiger partial charge on any atom is -0.457 e. The van der Waals surface area contributed by atoms with Crippen molar-refractivity contribution in [3.8, 4) is 11.5 Å². The maximum Gasteiger partial charge on any atom is 0.241 e. The van der Waals surface area contributed by atoms with Gasteiger partial charge in [0.1, 0.15) is 11.5 Å². The van der Waals surface area contributed by atoms with Gasteiger partial charge in [-0.25, -0.2) is 0 Å². The molecule has 2 fully saturated rings. The monoisotopic (exact) mass is 449 g/mol. The highest BCUT2D eigenvalue weighted by Crippen LogP contribution is 2.25. The van der Waals surface area contributed by atoms with Crippen LogP contribution < -0.4 is 10.1 Å². The van der Waals surface area contributed by atoms with Gasteiger partial charge < -0.3 is 15.0 Å². The molecule has 1 atom stereocenters. The molecular formula is C27H35N3O3. The van der Waals surface area contributed by atoms with Crippen LogP contribution in [0.15, 0.2) is 54.6 Å². The number of amides is 2. The van der Waals surface area contributed by atoms with Crippen LogP contribution >= 0.6 is 0 Å². The second-order valence-corrected chi connectivity index (χ2v) is 9.15. The Morgan fingerprint density at radius 2 is 1.45 bits per heavy atom. The van der Waals surface area contributed by atoms with E-state index in [0.29, 0.717) is 5.91 Å². The molecule has 2 amide bonds. The second kappa shape index (κ2) is 11.3. The smallest absolute Gasteiger partial charge is 0.241 e. The highest BCUT2D eigenvalue weighted by atomic mass is 16.5. The maximum absolute atomic E-state index is 12.9. The van der Waals surface area contributed by atoms with Crippen LogP contribution in [0.25, 0.3) is 0 Å². The number of ether oxygens (including phenoxy) is 1. The molecule has 0 radical (unpaired) electrons. The van der Waals surface area contributed by atoms with Gasteiger partial charge in [-0.05, 0) is 82.1 Å². The Bertz CT molecular complexity index is 900. The quantitative estimate of drug-likeness (QED) is 0.680. The van der Waals surface area contributed by atoms with E-state index < -0.39 is 0 Å². The van der Waals surface area contributed by atoms with E-state index in [4.69, 9.17) is 4.74 Å². The number of rotatable bonds is 6. The summed E-state index contributed by atoms with van der Waals surface area (Å²) in [6.07, 6.45) is 6.38. The van der Waals surface area contributed by atoms with Crippen LogP contribution in [0.4, 0.5) is 5.69 Å². The fourth-order valence-corrected chi connectivity index (χ4v) is 4.73. The number of anilines is 1. The first kappa shape index (κ1) is 23.3. The van der Waals surface area contributed by atoms with Gasteiger partial charge in [0.15, 0.2) is 0 Å². The SMILES string of the molecule is CC(C(=O)Nc1ccc(Oc2ccccc2)cc1)N1CCC(C(=O)N2CCCCCC2)CC1. The lowest BCUT2D eigenvalue weighted by Gasteiger charge is -2.36. The van der Waals surface area contributed by atoms with Crippen LogP contribution in [0.5, 0.6) is 11.5 Å². The molecule has 0 saturated carbocycles. The van der Waals surface area contributed by atoms with Crippen molar-refractivity contribution in [1.82, 2.24) is 9.80 Å². The van der Waals surface area contributed by atoms with Crippen molar-refractivity contribution in [3.63, 3.8) is 0 Å². The van der Waals surface area contributed by atoms with Crippen LogP contribution in [0.2, 0.25) is 0 Å². The van der Waals surface area contributed by atoms with Crippen molar-refractivity contribution in [2.24, 2.45) is 5.92 Å². The largest absolute Gasteiger partial charge is 0.457 e. The summed E-state index contributed by atoms with van der Waals surface area (Å²) in [5.41, 5.74) is 0.749. The van der Waals surface area contributed by atoms with Gasteiger partial charge in [0.2, 0.25) is 11.8 Å². The van der Waals surface area contributed by atoms with Crippen molar-refractivity contribution < 1.29 is 14.3 Å². The molecule has 1 unspecified atom stereocenters. The molecule has 0 aliphatic carbocycles. The molecule has 4 rings (SSSR count). The first-order chi connectivity index (χ1) is 16.1. The standard InChI is InChI=1S/C27H35N3O3/c1-21(29-19-15-22(16-20-29)27(32)30-17-7-2-3-8-18-30)26(31)28-23-11-13-25(14-12-23)33-24-9-5-4-6-10-24/h4-6,9-14,21-22H,2-3,7-8,15-20H2,1H3,(H,28,31). The van der Waals surface area contributed by atoms with Gasteiger partial charge in [0.05, 0.1) is 6.04 Å². The summed E-state index contributed by atoms with van der Waals surface area (Å²) in [6, 6.07) is 16.8. The summed E-state index contributed by atoms with van der Waals surface area (Å²) >= 11 is 0. The van der Waals surface area contributed by atoms with Crippen LogP contribution in [0, 0.1) is 5.92 Å². The molecule has 0 spiro atoms. The molecule has 0 bridgehead atoms. The lowest BCUT2D eigenvalue weighted by molar-refractivity contribution is -0.137. The molecule has 2 saturated heterocycles. The van der Waals surface area contributed by atoms with Crippen molar-refractivity contribution in [2.75, 3.05) is 31.5 Å². The Balaban J connectivity index is 1.24. The van der Waals surface area contributed by atoms with Gasteiger partial charge in [-0.1, -0.05) is 31.0 Å². The van der Waals surface area contributed by atoms with Crippen LogP contribution in [0.3, 0.4) is 0 Å². The van der Waals surface area contributed by atoms with Gasteiger partial charge in [0.25, 0.3) is 0 Å². The zero-order valence-electron chi connectivity index (χ0n) is 19.5. The molecule has 2 aromatic carbocycles. The molecule has 2 aromatic rings. The molecule has 2 aliphatic heterocycles. The molecule has 33 heavy (non-hydrogen) atoms. The Labute approximate surface area is 196 Å². The summed E-state index contributed by atoms with van der Waals surface area (Å²) in [6.45, 7) is 5.32. The van der Waals surface area contributed by atoms with Crippen molar-refractivity contribution >= 4 is 17.5 Å². The zero-order chi connectivity index (χ0) is 23.0. The van der Waals surface area contributed by atoms with Gasteiger partial charge in [-0.3, -0.25) is 14.5 Å². The van der Waals surface area contributed by atoms with E-state index in [9.17, 15) is 9.59 Å². The highest BCUT2D eigenvalue weighted by molar-refractivity contribution is 5.94. The van der Waals surface area contributed by atoms with E-state index in [1.807, 2.05) is 61.5 Å². The molecule has 2 heterocycles. The van der Waals surface area contributed by atoms with Gasteiger partial charge in [-0.2, -0.15) is 0 Å². The normalized spacial score (nSPS) is 18.9. The average Bonchev–Trinajstić information content (AvgIpc) is 3.15. The van der Waals surface area contributed by atoms with Gasteiger partial charge in [0, 0.05) is 24.7 Å². The minimum atomic E-state index is -0.237. The third kappa shape index (κ3) is 6.35. The summed E-state index contributed by atoms with van der Waals surface area (Å²) in [7, 11) is 0. The number of para-hydroxylation sites is 1. The number of hydrogen-bond donors (Lipinski definition) is 1.